The third kappa shape index (κ3) is 3.33. The summed E-state index contributed by atoms with van der Waals surface area (Å²) in [4.78, 5) is 10.7. The fourth-order valence-corrected chi connectivity index (χ4v) is 2.59. The smallest absolute Gasteiger partial charge is 0.325 e. The molecule has 1 fully saturated rings. The Morgan fingerprint density at radius 1 is 1.79 bits per heavy atom. The molecule has 14 heavy (non-hydrogen) atoms. The van der Waals surface area contributed by atoms with Gasteiger partial charge < -0.3 is 9.47 Å². The molecule has 82 valence electrons. The largest absolute Gasteiger partial charge is 0.445 e. The van der Waals surface area contributed by atoms with E-state index in [9.17, 15) is 4.79 Å². The summed E-state index contributed by atoms with van der Waals surface area (Å²) in [6, 6.07) is 0. The summed E-state index contributed by atoms with van der Waals surface area (Å²) < 4.78 is 10.6. The molecule has 3 unspecified atom stereocenters. The summed E-state index contributed by atoms with van der Waals surface area (Å²) in [5.74, 6) is -0.389. The number of hydrogen-bond acceptors (Lipinski definition) is 4. The minimum Gasteiger partial charge on any atom is -0.445 e. The third-order valence-corrected chi connectivity index (χ3v) is 3.22. The van der Waals surface area contributed by atoms with Crippen LogP contribution in [0.2, 0.25) is 0 Å². The van der Waals surface area contributed by atoms with E-state index in [1.807, 2.05) is 13.8 Å². The molecular weight excluding hydrogens is 224 g/mol. The monoisotopic (exact) mass is 238 g/mol. The number of halogens is 1. The molecule has 1 aliphatic heterocycles. The van der Waals surface area contributed by atoms with E-state index in [0.29, 0.717) is 18.5 Å². The average molecular weight is 239 g/mol. The van der Waals surface area contributed by atoms with Crippen LogP contribution in [-0.2, 0) is 14.3 Å². The first kappa shape index (κ1) is 12.1. The Bertz CT molecular complexity index is 222. The number of ether oxygens (including phenoxy) is 2. The maximum absolute atomic E-state index is 11.3. The van der Waals surface area contributed by atoms with Crippen molar-refractivity contribution in [1.29, 1.82) is 0 Å². The molecule has 1 rings (SSSR count). The zero-order chi connectivity index (χ0) is 10.8. The quantitative estimate of drug-likeness (QED) is 0.545. The maximum Gasteiger partial charge on any atom is 0.325 e. The lowest BCUT2D eigenvalue weighted by atomic mass is 10.4. The van der Waals surface area contributed by atoms with Gasteiger partial charge in [-0.15, -0.1) is 23.4 Å². The fourth-order valence-electron chi connectivity index (χ4n) is 1.25. The zero-order valence-corrected chi connectivity index (χ0v) is 10.2. The number of alkyl halides is 1. The molecule has 0 aliphatic carbocycles. The van der Waals surface area contributed by atoms with Crippen LogP contribution in [0, 0.1) is 0 Å². The number of carbonyl (C=O) groups is 1. The summed E-state index contributed by atoms with van der Waals surface area (Å²) in [5.41, 5.74) is 0. The summed E-state index contributed by atoms with van der Waals surface area (Å²) >= 11 is 7.23. The van der Waals surface area contributed by atoms with E-state index in [0.717, 1.165) is 0 Å². The third-order valence-electron chi connectivity index (χ3n) is 1.81. The Balaban J connectivity index is 2.52. The summed E-state index contributed by atoms with van der Waals surface area (Å²) in [7, 11) is 0. The summed E-state index contributed by atoms with van der Waals surface area (Å²) in [6.07, 6.45) is 0. The lowest BCUT2D eigenvalue weighted by Gasteiger charge is -2.35. The van der Waals surface area contributed by atoms with Gasteiger partial charge in [-0.05, 0) is 13.8 Å². The molecule has 0 aromatic rings. The molecular formula is C9H15ClO3S. The fraction of sp³-hybridized carbons (Fsp3) is 0.889. The summed E-state index contributed by atoms with van der Waals surface area (Å²) in [6.45, 7) is 6.63. The van der Waals surface area contributed by atoms with Gasteiger partial charge in [-0.25, -0.2) is 0 Å². The van der Waals surface area contributed by atoms with Crippen molar-refractivity contribution < 1.29 is 14.3 Å². The molecule has 5 heteroatoms. The number of rotatable bonds is 2. The van der Waals surface area contributed by atoms with Gasteiger partial charge in [-0.1, -0.05) is 6.92 Å². The van der Waals surface area contributed by atoms with Crippen LogP contribution in [0.25, 0.3) is 0 Å². The van der Waals surface area contributed by atoms with Crippen molar-refractivity contribution >= 4 is 29.3 Å². The molecule has 1 saturated heterocycles. The van der Waals surface area contributed by atoms with Crippen molar-refractivity contribution in [2.75, 3.05) is 13.2 Å². The van der Waals surface area contributed by atoms with Crippen molar-refractivity contribution in [1.82, 2.24) is 0 Å². The number of esters is 1. The van der Waals surface area contributed by atoms with Crippen molar-refractivity contribution in [3.05, 3.63) is 0 Å². The van der Waals surface area contributed by atoms with Gasteiger partial charge in [0.25, 0.3) is 0 Å². The van der Waals surface area contributed by atoms with E-state index in [1.54, 1.807) is 18.7 Å². The minimum absolute atomic E-state index is 0.340. The van der Waals surface area contributed by atoms with Gasteiger partial charge in [0, 0.05) is 5.25 Å². The van der Waals surface area contributed by atoms with Crippen LogP contribution in [-0.4, -0.2) is 34.7 Å². The second kappa shape index (κ2) is 4.73. The molecule has 0 aromatic heterocycles. The molecule has 3 nitrogen and oxygen atoms in total. The molecule has 1 heterocycles. The van der Waals surface area contributed by atoms with Gasteiger partial charge in [0.15, 0.2) is 4.93 Å². The van der Waals surface area contributed by atoms with Crippen LogP contribution in [0.15, 0.2) is 0 Å². The molecule has 0 saturated carbocycles. The first-order chi connectivity index (χ1) is 6.43. The van der Waals surface area contributed by atoms with Gasteiger partial charge >= 0.3 is 5.97 Å². The van der Waals surface area contributed by atoms with E-state index in [-0.39, 0.29) is 5.97 Å². The van der Waals surface area contributed by atoms with Crippen LogP contribution in [0.4, 0.5) is 0 Å². The standard InChI is InChI=1S/C9H15ClO3S/c1-6-4-12-5-9(3,14-6)13-8(11)7(2)10/h6-7H,4-5H2,1-3H3. The van der Waals surface area contributed by atoms with Crippen molar-refractivity contribution in [2.24, 2.45) is 0 Å². The summed E-state index contributed by atoms with van der Waals surface area (Å²) in [5, 5.41) is -0.267. The molecule has 0 N–H and O–H groups in total. The lowest BCUT2D eigenvalue weighted by Crippen LogP contribution is -2.41. The molecule has 0 amide bonds. The van der Waals surface area contributed by atoms with Crippen molar-refractivity contribution in [2.45, 2.75) is 36.3 Å². The molecule has 3 atom stereocenters. The van der Waals surface area contributed by atoms with E-state index in [4.69, 9.17) is 21.1 Å². The van der Waals surface area contributed by atoms with E-state index < -0.39 is 10.3 Å². The molecule has 0 radical (unpaired) electrons. The highest BCUT2D eigenvalue weighted by Gasteiger charge is 2.36. The predicted octanol–water partition coefficient (Wildman–Crippen LogP) is 2.02. The lowest BCUT2D eigenvalue weighted by molar-refractivity contribution is -0.154. The van der Waals surface area contributed by atoms with Crippen molar-refractivity contribution in [3.63, 3.8) is 0 Å². The van der Waals surface area contributed by atoms with E-state index in [2.05, 4.69) is 0 Å². The van der Waals surface area contributed by atoms with Gasteiger partial charge in [0.05, 0.1) is 13.2 Å². The topological polar surface area (TPSA) is 35.5 Å². The average Bonchev–Trinajstić information content (AvgIpc) is 2.02. The van der Waals surface area contributed by atoms with Gasteiger partial charge in [0.1, 0.15) is 5.38 Å². The van der Waals surface area contributed by atoms with E-state index >= 15 is 0 Å². The molecule has 0 spiro atoms. The van der Waals surface area contributed by atoms with Gasteiger partial charge in [-0.2, -0.15) is 0 Å². The highest BCUT2D eigenvalue weighted by atomic mass is 35.5. The van der Waals surface area contributed by atoms with Crippen molar-refractivity contribution in [3.8, 4) is 0 Å². The first-order valence-corrected chi connectivity index (χ1v) is 5.87. The SMILES string of the molecule is CC1COCC(C)(OC(=O)C(C)Cl)S1. The Labute approximate surface area is 93.5 Å². The van der Waals surface area contributed by atoms with E-state index in [1.165, 1.54) is 0 Å². The van der Waals surface area contributed by atoms with Gasteiger partial charge in [0.2, 0.25) is 0 Å². The second-order valence-corrected chi connectivity index (χ2v) is 6.17. The van der Waals surface area contributed by atoms with Crippen LogP contribution < -0.4 is 0 Å². The maximum atomic E-state index is 11.3. The first-order valence-electron chi connectivity index (χ1n) is 4.55. The Kier molecular flexibility index (Phi) is 4.10. The van der Waals surface area contributed by atoms with Crippen LogP contribution >= 0.6 is 23.4 Å². The van der Waals surface area contributed by atoms with Crippen LogP contribution in [0.1, 0.15) is 20.8 Å². The van der Waals surface area contributed by atoms with Crippen LogP contribution in [0.3, 0.4) is 0 Å². The highest BCUT2D eigenvalue weighted by molar-refractivity contribution is 8.01. The zero-order valence-electron chi connectivity index (χ0n) is 8.58. The number of hydrogen-bond donors (Lipinski definition) is 0. The normalized spacial score (nSPS) is 35.0. The minimum atomic E-state index is -0.607. The van der Waals surface area contributed by atoms with Crippen LogP contribution in [0.5, 0.6) is 0 Å². The predicted molar refractivity (Wildman–Crippen MR) is 57.7 cm³/mol. The Morgan fingerprint density at radius 3 is 2.93 bits per heavy atom. The Morgan fingerprint density at radius 2 is 2.43 bits per heavy atom. The highest BCUT2D eigenvalue weighted by Crippen LogP contribution is 2.35. The Hall–Kier alpha value is 0.0700. The molecule has 1 aliphatic rings. The van der Waals surface area contributed by atoms with Gasteiger partial charge in [-0.3, -0.25) is 4.79 Å². The molecule has 0 aromatic carbocycles. The molecule has 0 bridgehead atoms. The number of carbonyl (C=O) groups excluding carboxylic acids is 1. The second-order valence-electron chi connectivity index (χ2n) is 3.61. The number of thioether (sulfide) groups is 1.